The Kier molecular flexibility index (Phi) is 5.22. The molecule has 1 heterocycles. The van der Waals surface area contributed by atoms with Gasteiger partial charge < -0.3 is 5.73 Å². The van der Waals surface area contributed by atoms with Gasteiger partial charge >= 0.3 is 0 Å². The zero-order valence-electron chi connectivity index (χ0n) is 14.6. The average Bonchev–Trinajstić information content (AvgIpc) is 2.52. The number of sulfonamides is 1. The van der Waals surface area contributed by atoms with Crippen LogP contribution in [0.5, 0.6) is 0 Å². The summed E-state index contributed by atoms with van der Waals surface area (Å²) in [7, 11) is -3.92. The van der Waals surface area contributed by atoms with Gasteiger partial charge in [-0.1, -0.05) is 31.4 Å². The number of amides is 1. The fourth-order valence-corrected chi connectivity index (χ4v) is 4.00. The molecule has 0 aliphatic heterocycles. The highest BCUT2D eigenvalue weighted by Gasteiger charge is 2.22. The van der Waals surface area contributed by atoms with Crippen LogP contribution in [0.15, 0.2) is 35.2 Å². The molecule has 0 radical (unpaired) electrons. The maximum Gasteiger partial charge on any atom is 0.264 e. The van der Waals surface area contributed by atoms with E-state index in [0.717, 1.165) is 19.3 Å². The van der Waals surface area contributed by atoms with Crippen LogP contribution in [0.4, 0.5) is 5.95 Å². The van der Waals surface area contributed by atoms with Crippen molar-refractivity contribution >= 4 is 21.9 Å². The molecule has 138 valence electrons. The molecule has 0 bridgehead atoms. The van der Waals surface area contributed by atoms with Gasteiger partial charge in [0.05, 0.1) is 10.6 Å². The summed E-state index contributed by atoms with van der Waals surface area (Å²) in [6.45, 7) is 1.78. The number of nitrogens with one attached hydrogen (secondary N) is 1. The van der Waals surface area contributed by atoms with E-state index < -0.39 is 15.9 Å². The first kappa shape index (κ1) is 18.3. The van der Waals surface area contributed by atoms with Crippen LogP contribution in [0.1, 0.15) is 37.8 Å². The number of carbonyl (C=O) groups excluding carboxylic acids is 1. The minimum Gasteiger partial charge on any atom is -0.368 e. The van der Waals surface area contributed by atoms with E-state index in [4.69, 9.17) is 5.73 Å². The lowest BCUT2D eigenvalue weighted by molar-refractivity contribution is -0.119. The first-order valence-electron chi connectivity index (χ1n) is 8.61. The van der Waals surface area contributed by atoms with Crippen LogP contribution in [-0.4, -0.2) is 24.3 Å². The monoisotopic (exact) mass is 374 g/mol. The van der Waals surface area contributed by atoms with Gasteiger partial charge in [0.1, 0.15) is 0 Å². The van der Waals surface area contributed by atoms with Gasteiger partial charge in [0, 0.05) is 17.7 Å². The van der Waals surface area contributed by atoms with Crippen LogP contribution in [0.25, 0.3) is 11.3 Å². The number of aryl methyl sites for hydroxylation is 1. The first-order chi connectivity index (χ1) is 12.3. The lowest BCUT2D eigenvalue weighted by Gasteiger charge is -2.24. The molecule has 1 aliphatic carbocycles. The summed E-state index contributed by atoms with van der Waals surface area (Å²) < 4.78 is 27.2. The summed E-state index contributed by atoms with van der Waals surface area (Å²) in [6, 6.07) is 7.99. The van der Waals surface area contributed by atoms with Crippen LogP contribution in [0.3, 0.4) is 0 Å². The molecular formula is C18H22N4O3S. The third kappa shape index (κ3) is 4.37. The zero-order valence-corrected chi connectivity index (χ0v) is 15.4. The third-order valence-corrected chi connectivity index (χ3v) is 5.94. The molecule has 1 aromatic carbocycles. The van der Waals surface area contributed by atoms with Crippen LogP contribution in [0.2, 0.25) is 0 Å². The maximum absolute atomic E-state index is 12.5. The number of nitrogen functional groups attached to an aromatic ring is 1. The summed E-state index contributed by atoms with van der Waals surface area (Å²) in [5.41, 5.74) is 7.47. The number of nitrogens with two attached hydrogens (primary N) is 1. The van der Waals surface area contributed by atoms with Crippen molar-refractivity contribution in [3.8, 4) is 11.3 Å². The molecule has 0 atom stereocenters. The average molecular weight is 374 g/mol. The first-order valence-corrected chi connectivity index (χ1v) is 10.1. The predicted molar refractivity (Wildman–Crippen MR) is 98.5 cm³/mol. The van der Waals surface area contributed by atoms with Gasteiger partial charge in [-0.05, 0) is 37.5 Å². The fourth-order valence-electron chi connectivity index (χ4n) is 2.94. The lowest BCUT2D eigenvalue weighted by atomic mass is 9.82. The van der Waals surface area contributed by atoms with Crippen molar-refractivity contribution < 1.29 is 13.2 Å². The van der Waals surface area contributed by atoms with Crippen LogP contribution in [-0.2, 0) is 14.8 Å². The zero-order chi connectivity index (χ0) is 18.7. The van der Waals surface area contributed by atoms with Crippen molar-refractivity contribution in [1.82, 2.24) is 14.7 Å². The molecule has 0 spiro atoms. The smallest absolute Gasteiger partial charge is 0.264 e. The largest absolute Gasteiger partial charge is 0.368 e. The van der Waals surface area contributed by atoms with Crippen molar-refractivity contribution in [1.29, 1.82) is 0 Å². The maximum atomic E-state index is 12.5. The molecule has 3 N–H and O–H groups in total. The minimum absolute atomic E-state index is 0.0156. The Morgan fingerprint density at radius 1 is 1.27 bits per heavy atom. The van der Waals surface area contributed by atoms with Crippen molar-refractivity contribution in [3.05, 3.63) is 36.0 Å². The Hall–Kier alpha value is -2.48. The van der Waals surface area contributed by atoms with E-state index in [2.05, 4.69) is 14.7 Å². The molecule has 1 aliphatic rings. The van der Waals surface area contributed by atoms with E-state index in [1.807, 2.05) is 0 Å². The highest BCUT2D eigenvalue weighted by Crippen LogP contribution is 2.30. The van der Waals surface area contributed by atoms with Gasteiger partial charge in [0.25, 0.3) is 10.0 Å². The summed E-state index contributed by atoms with van der Waals surface area (Å²) >= 11 is 0. The summed E-state index contributed by atoms with van der Waals surface area (Å²) in [4.78, 5) is 20.2. The van der Waals surface area contributed by atoms with E-state index in [1.54, 1.807) is 25.1 Å². The Balaban J connectivity index is 1.76. The SMILES string of the molecule is Cc1cc(-c2cccc(S(=O)(=O)NC(=O)CCC3CCC3)c2)nc(N)n1. The quantitative estimate of drug-likeness (QED) is 0.802. The Bertz CT molecular complexity index is 904. The molecule has 1 saturated carbocycles. The highest BCUT2D eigenvalue weighted by molar-refractivity contribution is 7.90. The van der Waals surface area contributed by atoms with Crippen molar-refractivity contribution in [2.75, 3.05) is 5.73 Å². The summed E-state index contributed by atoms with van der Waals surface area (Å²) in [6.07, 6.45) is 4.42. The van der Waals surface area contributed by atoms with E-state index in [-0.39, 0.29) is 17.3 Å². The molecule has 8 heteroatoms. The van der Waals surface area contributed by atoms with E-state index >= 15 is 0 Å². The Morgan fingerprint density at radius 3 is 2.69 bits per heavy atom. The molecule has 3 rings (SSSR count). The number of hydrogen-bond donors (Lipinski definition) is 2. The molecule has 1 aromatic heterocycles. The van der Waals surface area contributed by atoms with E-state index in [0.29, 0.717) is 22.9 Å². The van der Waals surface area contributed by atoms with Gasteiger partial charge in [-0.25, -0.2) is 23.1 Å². The molecule has 0 unspecified atom stereocenters. The second-order valence-electron chi connectivity index (χ2n) is 6.64. The van der Waals surface area contributed by atoms with Gasteiger partial charge in [-0.2, -0.15) is 0 Å². The molecule has 1 fully saturated rings. The standard InChI is InChI=1S/C18H22N4O3S/c1-12-10-16(21-18(19)20-12)14-6-3-7-15(11-14)26(24,25)22-17(23)9-8-13-4-2-5-13/h3,6-7,10-11,13H,2,4-5,8-9H2,1H3,(H,22,23)(H2,19,20,21). The van der Waals surface area contributed by atoms with Crippen molar-refractivity contribution in [3.63, 3.8) is 0 Å². The van der Waals surface area contributed by atoms with Gasteiger partial charge in [-0.3, -0.25) is 4.79 Å². The highest BCUT2D eigenvalue weighted by atomic mass is 32.2. The number of aromatic nitrogens is 2. The van der Waals surface area contributed by atoms with Crippen molar-refractivity contribution in [2.45, 2.75) is 43.9 Å². The van der Waals surface area contributed by atoms with E-state index in [1.165, 1.54) is 18.6 Å². The van der Waals surface area contributed by atoms with Gasteiger partial charge in [-0.15, -0.1) is 0 Å². The van der Waals surface area contributed by atoms with Crippen LogP contribution in [0, 0.1) is 12.8 Å². The third-order valence-electron chi connectivity index (χ3n) is 4.56. The summed E-state index contributed by atoms with van der Waals surface area (Å²) in [5.74, 6) is 0.209. The number of nitrogens with zero attached hydrogens (tertiary/aromatic N) is 2. The molecular weight excluding hydrogens is 352 g/mol. The molecule has 7 nitrogen and oxygen atoms in total. The topological polar surface area (TPSA) is 115 Å². The van der Waals surface area contributed by atoms with Crippen LogP contribution < -0.4 is 10.5 Å². The predicted octanol–water partition coefficient (Wildman–Crippen LogP) is 2.42. The number of hydrogen-bond acceptors (Lipinski definition) is 6. The second kappa shape index (κ2) is 7.41. The van der Waals surface area contributed by atoms with Gasteiger partial charge in [0.15, 0.2) is 0 Å². The number of anilines is 1. The minimum atomic E-state index is -3.92. The van der Waals surface area contributed by atoms with Gasteiger partial charge in [0.2, 0.25) is 11.9 Å². The lowest BCUT2D eigenvalue weighted by Crippen LogP contribution is -2.31. The molecule has 0 saturated heterocycles. The Labute approximate surface area is 153 Å². The number of carbonyl (C=O) groups is 1. The number of benzene rings is 1. The van der Waals surface area contributed by atoms with Crippen molar-refractivity contribution in [2.24, 2.45) is 5.92 Å². The molecule has 26 heavy (non-hydrogen) atoms. The Morgan fingerprint density at radius 2 is 2.04 bits per heavy atom. The number of rotatable bonds is 6. The summed E-state index contributed by atoms with van der Waals surface area (Å²) in [5, 5.41) is 0. The normalized spacial score (nSPS) is 14.7. The second-order valence-corrected chi connectivity index (χ2v) is 8.33. The van der Waals surface area contributed by atoms with Crippen LogP contribution >= 0.6 is 0 Å². The molecule has 2 aromatic rings. The fraction of sp³-hybridized carbons (Fsp3) is 0.389. The van der Waals surface area contributed by atoms with E-state index in [9.17, 15) is 13.2 Å². The molecule has 1 amide bonds.